The molecule has 2 saturated heterocycles. The van der Waals surface area contributed by atoms with Crippen LogP contribution >= 0.6 is 0 Å². The second-order valence-corrected chi connectivity index (χ2v) is 19.1. The summed E-state index contributed by atoms with van der Waals surface area (Å²) in [5, 5.41) is 0. The van der Waals surface area contributed by atoms with E-state index in [1.54, 1.807) is 0 Å². The zero-order chi connectivity index (χ0) is 40.0. The molecule has 4 aliphatic rings. The lowest BCUT2D eigenvalue weighted by Gasteiger charge is -2.30. The van der Waals surface area contributed by atoms with Gasteiger partial charge in [-0.25, -0.2) is 19.6 Å². The summed E-state index contributed by atoms with van der Waals surface area (Å²) in [4.78, 5) is 46.9. The maximum atomic E-state index is 13.2. The molecule has 2 bridgehead atoms. The molecule has 1 saturated carbocycles. The Kier molecular flexibility index (Phi) is 9.05. The van der Waals surface area contributed by atoms with Gasteiger partial charge in [0.1, 0.15) is 22.9 Å². The number of hydrogen-bond donors (Lipinski definition) is 2. The van der Waals surface area contributed by atoms with Gasteiger partial charge in [-0.2, -0.15) is 0 Å². The van der Waals surface area contributed by atoms with Gasteiger partial charge in [-0.1, -0.05) is 49.4 Å². The first-order valence-electron chi connectivity index (χ1n) is 20.9. The fourth-order valence-corrected chi connectivity index (χ4v) is 10.1. The fourth-order valence-electron chi connectivity index (χ4n) is 10.1. The maximum Gasteiger partial charge on any atom is 0.411 e. The van der Waals surface area contributed by atoms with E-state index in [0.717, 1.165) is 53.2 Å². The molecule has 0 spiro atoms. The number of imidazole rings is 2. The highest BCUT2D eigenvalue weighted by Gasteiger charge is 2.42. The van der Waals surface area contributed by atoms with Crippen molar-refractivity contribution in [1.29, 1.82) is 0 Å². The zero-order valence-corrected chi connectivity index (χ0v) is 34.6. The summed E-state index contributed by atoms with van der Waals surface area (Å²) in [6.45, 7) is 16.4. The Hall–Kier alpha value is -5.12. The largest absolute Gasteiger partial charge is 0.444 e. The number of aromatic amines is 2. The van der Waals surface area contributed by atoms with Gasteiger partial charge in [0.2, 0.25) is 0 Å². The van der Waals surface area contributed by atoms with Crippen LogP contribution in [0.4, 0.5) is 9.59 Å². The van der Waals surface area contributed by atoms with Crippen LogP contribution in [0.1, 0.15) is 141 Å². The lowest BCUT2D eigenvalue weighted by atomic mass is 9.81. The van der Waals surface area contributed by atoms with Crippen molar-refractivity contribution >= 4 is 23.2 Å². The van der Waals surface area contributed by atoms with E-state index in [0.29, 0.717) is 24.3 Å². The van der Waals surface area contributed by atoms with Crippen LogP contribution in [0, 0.1) is 5.92 Å². The van der Waals surface area contributed by atoms with E-state index in [1.807, 2.05) is 57.5 Å². The van der Waals surface area contributed by atoms with Crippen molar-refractivity contribution in [2.75, 3.05) is 6.54 Å². The first-order valence-corrected chi connectivity index (χ1v) is 20.9. The average Bonchev–Trinajstić information content (AvgIpc) is 4.00. The predicted molar refractivity (Wildman–Crippen MR) is 223 cm³/mol. The summed E-state index contributed by atoms with van der Waals surface area (Å²) in [7, 11) is 0. The Bertz CT molecular complexity index is 2350. The molecule has 9 rings (SSSR count). The number of nitrogens with one attached hydrogen (secondary N) is 2. The van der Waals surface area contributed by atoms with Crippen LogP contribution in [0.25, 0.3) is 44.5 Å². The smallest absolute Gasteiger partial charge is 0.411 e. The number of nitrogens with zero attached hydrogens (tertiary/aromatic N) is 4. The van der Waals surface area contributed by atoms with Crippen LogP contribution in [0.15, 0.2) is 60.8 Å². The number of hydrogen-bond acceptors (Lipinski definition) is 6. The second kappa shape index (κ2) is 13.8. The minimum Gasteiger partial charge on any atom is -0.444 e. The van der Waals surface area contributed by atoms with Gasteiger partial charge in [0, 0.05) is 12.6 Å². The van der Waals surface area contributed by atoms with Gasteiger partial charge in [-0.3, -0.25) is 9.80 Å². The monoisotopic (exact) mass is 768 g/mol. The van der Waals surface area contributed by atoms with Crippen LogP contribution in [0.5, 0.6) is 0 Å². The molecule has 4 heterocycles. The second-order valence-electron chi connectivity index (χ2n) is 19.1. The molecule has 10 heteroatoms. The van der Waals surface area contributed by atoms with Crippen molar-refractivity contribution < 1.29 is 19.1 Å². The molecular weight excluding hydrogens is 713 g/mol. The summed E-state index contributed by atoms with van der Waals surface area (Å²) in [5.41, 5.74) is 10.9. The number of amides is 2. The van der Waals surface area contributed by atoms with Gasteiger partial charge < -0.3 is 19.4 Å². The number of rotatable bonds is 5. The van der Waals surface area contributed by atoms with Gasteiger partial charge >= 0.3 is 12.2 Å². The number of likely N-dealkylation sites (tertiary alicyclic amines) is 2. The minimum absolute atomic E-state index is 0.0895. The molecule has 10 nitrogen and oxygen atoms in total. The van der Waals surface area contributed by atoms with Crippen molar-refractivity contribution in [2.45, 2.75) is 135 Å². The summed E-state index contributed by atoms with van der Waals surface area (Å²) >= 11 is 0. The van der Waals surface area contributed by atoms with Crippen LogP contribution < -0.4 is 0 Å². The molecule has 3 fully saturated rings. The van der Waals surface area contributed by atoms with Crippen molar-refractivity contribution in [3.8, 4) is 33.5 Å². The Morgan fingerprint density at radius 3 is 2.02 bits per heavy atom. The van der Waals surface area contributed by atoms with Crippen LogP contribution in [-0.4, -0.2) is 65.7 Å². The van der Waals surface area contributed by atoms with Gasteiger partial charge in [-0.05, 0) is 156 Å². The van der Waals surface area contributed by atoms with Crippen molar-refractivity contribution in [3.63, 3.8) is 0 Å². The number of benzene rings is 3. The highest BCUT2D eigenvalue weighted by molar-refractivity contribution is 5.86. The molecule has 3 aromatic carbocycles. The molecule has 2 unspecified atom stereocenters. The molecule has 5 aromatic rings. The van der Waals surface area contributed by atoms with E-state index >= 15 is 0 Å². The molecule has 57 heavy (non-hydrogen) atoms. The Morgan fingerprint density at radius 1 is 0.702 bits per heavy atom. The summed E-state index contributed by atoms with van der Waals surface area (Å²) in [6, 6.07) is 19.9. The number of carbonyl (C=O) groups is 2. The van der Waals surface area contributed by atoms with E-state index in [1.165, 1.54) is 52.6 Å². The van der Waals surface area contributed by atoms with Crippen LogP contribution in [-0.2, 0) is 9.47 Å². The third-order valence-corrected chi connectivity index (χ3v) is 12.5. The predicted octanol–water partition coefficient (Wildman–Crippen LogP) is 11.4. The molecule has 0 radical (unpaired) electrons. The van der Waals surface area contributed by atoms with E-state index < -0.39 is 11.2 Å². The lowest BCUT2D eigenvalue weighted by Crippen LogP contribution is -2.40. The average molecular weight is 769 g/mol. The van der Waals surface area contributed by atoms with E-state index in [-0.39, 0.29) is 30.3 Å². The van der Waals surface area contributed by atoms with E-state index in [9.17, 15) is 9.59 Å². The maximum absolute atomic E-state index is 13.2. The molecule has 2 N–H and O–H groups in total. The molecule has 6 atom stereocenters. The quantitative estimate of drug-likeness (QED) is 0.184. The minimum atomic E-state index is -0.553. The van der Waals surface area contributed by atoms with Gasteiger partial charge in [0.25, 0.3) is 0 Å². The highest BCUT2D eigenvalue weighted by atomic mass is 16.6. The standard InChI is InChI=1S/C47H56N6O4/c1-26-21-39(52(25-26)44(54)56-46(3,4)5)43-49-35-19-16-30(23-36(35)50-43)34-18-17-33(40-31-14-15-32(22-31)41(34)40)28-10-12-29(13-11-28)37-24-48-42(51-37)38-20-9-27(2)53(38)45(55)57-47(6,7)8/h10-13,16-19,23-24,26-27,31-32,38-39H,9,14-15,20-22,25H2,1-8H3,(H,48,51)(H,49,50)/t26-,27-,31?,32?,38-,39-/m0/s1. The van der Waals surface area contributed by atoms with Crippen LogP contribution in [0.3, 0.4) is 0 Å². The fraction of sp³-hybridized carbons (Fsp3) is 0.489. The third-order valence-electron chi connectivity index (χ3n) is 12.5. The van der Waals surface area contributed by atoms with Crippen LogP contribution in [0.2, 0.25) is 0 Å². The molecule has 2 aromatic heterocycles. The Balaban J connectivity index is 0.977. The number of fused-ring (bicyclic) bond motifs is 6. The van der Waals surface area contributed by atoms with E-state index in [4.69, 9.17) is 19.4 Å². The van der Waals surface area contributed by atoms with Crippen molar-refractivity contribution in [1.82, 2.24) is 29.7 Å². The molecule has 2 aliphatic heterocycles. The first-order chi connectivity index (χ1) is 27.1. The van der Waals surface area contributed by atoms with Crippen molar-refractivity contribution in [2.24, 2.45) is 5.92 Å². The number of aromatic nitrogens is 4. The topological polar surface area (TPSA) is 116 Å². The molecule has 298 valence electrons. The van der Waals surface area contributed by atoms with E-state index in [2.05, 4.69) is 78.4 Å². The third kappa shape index (κ3) is 6.99. The molecule has 2 amide bonds. The van der Waals surface area contributed by atoms with Crippen molar-refractivity contribution in [3.05, 3.63) is 83.6 Å². The molecule has 2 aliphatic carbocycles. The number of H-pyrrole nitrogens is 2. The summed E-state index contributed by atoms with van der Waals surface area (Å²) in [5.74, 6) is 3.12. The zero-order valence-electron chi connectivity index (χ0n) is 34.6. The number of ether oxygens (including phenoxy) is 2. The van der Waals surface area contributed by atoms with Gasteiger partial charge in [0.15, 0.2) is 0 Å². The summed E-state index contributed by atoms with van der Waals surface area (Å²) in [6.07, 6.45) is 7.61. The first kappa shape index (κ1) is 37.5. The number of carbonyl (C=O) groups excluding carboxylic acids is 2. The normalized spacial score (nSPS) is 24.4. The Morgan fingerprint density at radius 2 is 1.33 bits per heavy atom. The van der Waals surface area contributed by atoms with Gasteiger partial charge in [-0.15, -0.1) is 0 Å². The highest BCUT2D eigenvalue weighted by Crippen LogP contribution is 2.58. The lowest BCUT2D eigenvalue weighted by molar-refractivity contribution is 0.0150. The SMILES string of the molecule is C[C@H]1C[C@@H](c2nc3ccc(-c4ccc(-c5ccc(-c6cnc([C@@H]7CC[C@H](C)N7C(=O)OC(C)(C)C)[nH]6)cc5)c5c4C4CCC5C4)cc3[nH]2)N(C(=O)OC(C)(C)C)C1. The Labute approximate surface area is 335 Å². The molecular formula is C47H56N6O4. The van der Waals surface area contributed by atoms with Gasteiger partial charge in [0.05, 0.1) is 35.0 Å². The summed E-state index contributed by atoms with van der Waals surface area (Å²) < 4.78 is 11.5.